The van der Waals surface area contributed by atoms with Crippen LogP contribution in [0.5, 0.6) is 5.75 Å². The maximum absolute atomic E-state index is 13.7. The third-order valence-electron chi connectivity index (χ3n) is 2.37. The van der Waals surface area contributed by atoms with Gasteiger partial charge in [-0.2, -0.15) is 8.78 Å². The van der Waals surface area contributed by atoms with Crippen molar-refractivity contribution >= 4 is 29.9 Å². The highest BCUT2D eigenvalue weighted by molar-refractivity contribution is 14.0. The Bertz CT molecular complexity index is 470. The molecule has 0 radical (unpaired) electrons. The van der Waals surface area contributed by atoms with Gasteiger partial charge >= 0.3 is 6.61 Å². The van der Waals surface area contributed by atoms with Crippen molar-refractivity contribution in [3.8, 4) is 5.75 Å². The van der Waals surface area contributed by atoms with E-state index in [-0.39, 0.29) is 47.9 Å². The molecule has 8 heteroatoms. The fraction of sp³-hybridized carbons (Fsp3) is 0.462. The van der Waals surface area contributed by atoms with Gasteiger partial charge < -0.3 is 15.4 Å². The second-order valence-electron chi connectivity index (χ2n) is 4.32. The number of benzene rings is 1. The smallest absolute Gasteiger partial charge is 0.387 e. The predicted molar refractivity (Wildman–Crippen MR) is 86.9 cm³/mol. The number of nitrogens with zero attached hydrogens (tertiary/aromatic N) is 1. The molecule has 0 spiro atoms. The number of ether oxygens (including phenoxy) is 1. The van der Waals surface area contributed by atoms with E-state index in [4.69, 9.17) is 0 Å². The molecule has 0 aliphatic heterocycles. The minimum Gasteiger partial charge on any atom is -0.434 e. The number of guanidine groups is 1. The van der Waals surface area contributed by atoms with Gasteiger partial charge in [0.2, 0.25) is 0 Å². The van der Waals surface area contributed by atoms with Gasteiger partial charge in [-0.1, -0.05) is 6.07 Å². The van der Waals surface area contributed by atoms with Gasteiger partial charge in [0.25, 0.3) is 0 Å². The molecule has 1 aromatic carbocycles. The molecular formula is C13H19F3IN3O. The Labute approximate surface area is 139 Å². The topological polar surface area (TPSA) is 45.7 Å². The van der Waals surface area contributed by atoms with E-state index in [9.17, 15) is 13.2 Å². The van der Waals surface area contributed by atoms with Gasteiger partial charge in [0.15, 0.2) is 5.96 Å². The van der Waals surface area contributed by atoms with Gasteiger partial charge in [0.1, 0.15) is 11.6 Å². The molecule has 1 aromatic rings. The fourth-order valence-electron chi connectivity index (χ4n) is 1.56. The second-order valence-corrected chi connectivity index (χ2v) is 4.32. The summed E-state index contributed by atoms with van der Waals surface area (Å²) >= 11 is 0. The van der Waals surface area contributed by atoms with Gasteiger partial charge in [0.05, 0.1) is 0 Å². The number of alkyl halides is 2. The summed E-state index contributed by atoms with van der Waals surface area (Å²) in [5, 5.41) is 5.85. The molecule has 120 valence electrons. The Balaban J connectivity index is 0.00000400. The van der Waals surface area contributed by atoms with Crippen LogP contribution in [0.2, 0.25) is 0 Å². The molecule has 4 nitrogen and oxygen atoms in total. The monoisotopic (exact) mass is 417 g/mol. The molecule has 0 aliphatic carbocycles. The molecule has 0 saturated carbocycles. The molecule has 0 atom stereocenters. The summed E-state index contributed by atoms with van der Waals surface area (Å²) in [6.45, 7) is 0.827. The fourth-order valence-corrected chi connectivity index (χ4v) is 1.56. The maximum Gasteiger partial charge on any atom is 0.387 e. The Hall–Kier alpha value is -1.19. The zero-order valence-corrected chi connectivity index (χ0v) is 14.3. The van der Waals surface area contributed by atoms with Gasteiger partial charge in [0, 0.05) is 25.2 Å². The van der Waals surface area contributed by atoms with Crippen molar-refractivity contribution in [3.63, 3.8) is 0 Å². The van der Waals surface area contributed by atoms with E-state index in [1.54, 1.807) is 7.05 Å². The number of nitrogens with one attached hydrogen (secondary N) is 2. The van der Waals surface area contributed by atoms with E-state index < -0.39 is 12.4 Å². The summed E-state index contributed by atoms with van der Waals surface area (Å²) in [4.78, 5) is 3.95. The third kappa shape index (κ3) is 6.87. The summed E-state index contributed by atoms with van der Waals surface area (Å²) in [5.41, 5.74) is 0.0273. The zero-order chi connectivity index (χ0) is 15.1. The first kappa shape index (κ1) is 19.8. The summed E-state index contributed by atoms with van der Waals surface area (Å²) < 4.78 is 42.5. The highest BCUT2D eigenvalue weighted by Gasteiger charge is 2.14. The lowest BCUT2D eigenvalue weighted by Crippen LogP contribution is -2.40. The van der Waals surface area contributed by atoms with Crippen LogP contribution in [0.1, 0.15) is 19.4 Å². The van der Waals surface area contributed by atoms with Gasteiger partial charge in [-0.05, 0) is 26.0 Å². The van der Waals surface area contributed by atoms with E-state index in [1.807, 2.05) is 13.8 Å². The second kappa shape index (κ2) is 9.69. The Morgan fingerprint density at radius 1 is 1.33 bits per heavy atom. The molecule has 0 saturated heterocycles. The van der Waals surface area contributed by atoms with Crippen molar-refractivity contribution < 1.29 is 17.9 Å². The SMILES string of the molecule is CN=C(NCc1c(F)cccc1OC(F)F)NC(C)C.I. The Morgan fingerprint density at radius 2 is 2.00 bits per heavy atom. The van der Waals surface area contributed by atoms with Crippen molar-refractivity contribution in [1.29, 1.82) is 0 Å². The average molecular weight is 417 g/mol. The summed E-state index contributed by atoms with van der Waals surface area (Å²) in [6, 6.07) is 3.94. The quantitative estimate of drug-likeness (QED) is 0.440. The molecule has 2 N–H and O–H groups in total. The lowest BCUT2D eigenvalue weighted by molar-refractivity contribution is -0.0506. The largest absolute Gasteiger partial charge is 0.434 e. The minimum absolute atomic E-state index is 0. The van der Waals surface area contributed by atoms with Crippen molar-refractivity contribution in [2.45, 2.75) is 33.0 Å². The molecular weight excluding hydrogens is 398 g/mol. The van der Waals surface area contributed by atoms with Crippen LogP contribution in [-0.4, -0.2) is 25.7 Å². The Morgan fingerprint density at radius 3 is 2.52 bits per heavy atom. The molecule has 0 unspecified atom stereocenters. The lowest BCUT2D eigenvalue weighted by Gasteiger charge is -2.16. The number of halogens is 4. The van der Waals surface area contributed by atoms with Crippen molar-refractivity contribution in [1.82, 2.24) is 10.6 Å². The first-order valence-electron chi connectivity index (χ1n) is 6.13. The number of aliphatic imine (C=N–C) groups is 1. The molecule has 0 amide bonds. The van der Waals surface area contributed by atoms with Crippen LogP contribution in [0.4, 0.5) is 13.2 Å². The van der Waals surface area contributed by atoms with E-state index in [0.29, 0.717) is 5.96 Å². The minimum atomic E-state index is -3.00. The summed E-state index contributed by atoms with van der Waals surface area (Å²) in [6.07, 6.45) is 0. The van der Waals surface area contributed by atoms with E-state index >= 15 is 0 Å². The number of hydrogen-bond acceptors (Lipinski definition) is 2. The first-order chi connectivity index (χ1) is 9.43. The van der Waals surface area contributed by atoms with Crippen molar-refractivity contribution in [2.75, 3.05) is 7.05 Å². The molecule has 0 fully saturated rings. The van der Waals surface area contributed by atoms with Gasteiger partial charge in [-0.15, -0.1) is 24.0 Å². The number of hydrogen-bond donors (Lipinski definition) is 2. The van der Waals surface area contributed by atoms with Crippen LogP contribution in [0.3, 0.4) is 0 Å². The van der Waals surface area contributed by atoms with E-state index in [1.165, 1.54) is 18.2 Å². The van der Waals surface area contributed by atoms with Crippen molar-refractivity contribution in [3.05, 3.63) is 29.6 Å². The summed E-state index contributed by atoms with van der Waals surface area (Å²) in [7, 11) is 1.57. The standard InChI is InChI=1S/C13H18F3N3O.HI/c1-8(2)19-13(17-3)18-7-9-10(14)5-4-6-11(9)20-12(15)16;/h4-6,8,12H,7H2,1-3H3,(H2,17,18,19);1H. The van der Waals surface area contributed by atoms with Crippen LogP contribution >= 0.6 is 24.0 Å². The highest BCUT2D eigenvalue weighted by Crippen LogP contribution is 2.23. The van der Waals surface area contributed by atoms with Gasteiger partial charge in [-0.25, -0.2) is 4.39 Å². The van der Waals surface area contributed by atoms with Crippen LogP contribution in [-0.2, 0) is 6.54 Å². The average Bonchev–Trinajstić information content (AvgIpc) is 2.35. The van der Waals surface area contributed by atoms with E-state index in [2.05, 4.69) is 20.4 Å². The summed E-state index contributed by atoms with van der Waals surface area (Å²) in [5.74, 6) is -0.352. The van der Waals surface area contributed by atoms with Crippen LogP contribution in [0.15, 0.2) is 23.2 Å². The normalized spacial score (nSPS) is 11.3. The van der Waals surface area contributed by atoms with Crippen molar-refractivity contribution in [2.24, 2.45) is 4.99 Å². The molecule has 0 heterocycles. The molecule has 0 aliphatic rings. The molecule has 0 bridgehead atoms. The number of rotatable bonds is 5. The lowest BCUT2D eigenvalue weighted by atomic mass is 10.2. The highest BCUT2D eigenvalue weighted by atomic mass is 127. The van der Waals surface area contributed by atoms with Crippen LogP contribution < -0.4 is 15.4 Å². The predicted octanol–water partition coefficient (Wildman–Crippen LogP) is 3.12. The van der Waals surface area contributed by atoms with Crippen LogP contribution in [0, 0.1) is 5.82 Å². The molecule has 0 aromatic heterocycles. The Kier molecular flexibility index (Phi) is 9.14. The first-order valence-corrected chi connectivity index (χ1v) is 6.13. The molecule has 21 heavy (non-hydrogen) atoms. The zero-order valence-electron chi connectivity index (χ0n) is 12.0. The third-order valence-corrected chi connectivity index (χ3v) is 2.37. The van der Waals surface area contributed by atoms with Gasteiger partial charge in [-0.3, -0.25) is 4.99 Å². The van der Waals surface area contributed by atoms with Crippen LogP contribution in [0.25, 0.3) is 0 Å². The van der Waals surface area contributed by atoms with E-state index in [0.717, 1.165) is 0 Å². The maximum atomic E-state index is 13.7. The molecule has 1 rings (SSSR count).